The number of nitrogens with one attached hydrogen (secondary N) is 2. The smallest absolute Gasteiger partial charge is 0.0556 e. The highest BCUT2D eigenvalue weighted by Gasteiger charge is 2.27. The van der Waals surface area contributed by atoms with Crippen LogP contribution in [0.25, 0.3) is 43.8 Å². The Morgan fingerprint density at radius 2 is 0.979 bits per heavy atom. The molecule has 0 radical (unpaired) electrons. The number of fused-ring (bicyclic) bond motifs is 4. The van der Waals surface area contributed by atoms with Crippen molar-refractivity contribution in [2.75, 3.05) is 10.6 Å². The fourth-order valence-corrected chi connectivity index (χ4v) is 9.07. The predicted octanol–water partition coefficient (Wildman–Crippen LogP) is 13.4. The van der Waals surface area contributed by atoms with E-state index in [0.717, 1.165) is 22.7 Å². The Morgan fingerprint density at radius 1 is 0.396 bits per heavy atom. The minimum atomic E-state index is 1.09. The Morgan fingerprint density at radius 3 is 1.67 bits per heavy atom. The van der Waals surface area contributed by atoms with Crippen molar-refractivity contribution in [1.82, 2.24) is 0 Å². The molecule has 0 spiro atoms. The maximum absolute atomic E-state index is 3.97. The molecule has 0 saturated heterocycles. The van der Waals surface area contributed by atoms with Crippen LogP contribution in [0.2, 0.25) is 0 Å². The van der Waals surface area contributed by atoms with Crippen molar-refractivity contribution in [3.63, 3.8) is 0 Å². The van der Waals surface area contributed by atoms with Crippen LogP contribution in [0.15, 0.2) is 189 Å². The SMILES string of the molecule is c1ccc(-c2cc3c(c(-c4ccccc4)c2Nc2cccc4ccccc24)Sc2ccc(Nc4cccc5ccccc45)cc2S3)cc1. The number of rotatable bonds is 6. The Balaban J connectivity index is 1.20. The third kappa shape index (κ3) is 5.29. The summed E-state index contributed by atoms with van der Waals surface area (Å²) in [5, 5.41) is 12.6. The molecule has 0 fully saturated rings. The van der Waals surface area contributed by atoms with Gasteiger partial charge >= 0.3 is 0 Å². The van der Waals surface area contributed by atoms with E-state index in [4.69, 9.17) is 0 Å². The monoisotopic (exact) mass is 650 g/mol. The summed E-state index contributed by atoms with van der Waals surface area (Å²) in [4.78, 5) is 5.05. The maximum atomic E-state index is 3.97. The molecule has 228 valence electrons. The average molecular weight is 651 g/mol. The molecule has 8 aromatic carbocycles. The molecule has 0 amide bonds. The molecule has 48 heavy (non-hydrogen) atoms. The molecule has 8 aromatic rings. The van der Waals surface area contributed by atoms with Crippen molar-refractivity contribution in [3.8, 4) is 22.3 Å². The summed E-state index contributed by atoms with van der Waals surface area (Å²) in [5.41, 5.74) is 9.20. The normalized spacial score (nSPS) is 12.0. The highest BCUT2D eigenvalue weighted by molar-refractivity contribution is 8.05. The summed E-state index contributed by atoms with van der Waals surface area (Å²) in [7, 11) is 0. The van der Waals surface area contributed by atoms with Gasteiger partial charge in [0.2, 0.25) is 0 Å². The molecule has 0 atom stereocenters. The Hall–Kier alpha value is -5.42. The van der Waals surface area contributed by atoms with Crippen LogP contribution in [0.1, 0.15) is 0 Å². The summed E-state index contributed by atoms with van der Waals surface area (Å²) in [6.07, 6.45) is 0. The summed E-state index contributed by atoms with van der Waals surface area (Å²) < 4.78 is 0. The number of benzene rings is 8. The zero-order valence-electron chi connectivity index (χ0n) is 26.0. The van der Waals surface area contributed by atoms with E-state index in [2.05, 4.69) is 180 Å². The van der Waals surface area contributed by atoms with Gasteiger partial charge in [-0.05, 0) is 58.3 Å². The lowest BCUT2D eigenvalue weighted by Gasteiger charge is -2.27. The predicted molar refractivity (Wildman–Crippen MR) is 206 cm³/mol. The van der Waals surface area contributed by atoms with Crippen molar-refractivity contribution in [2.24, 2.45) is 0 Å². The van der Waals surface area contributed by atoms with Crippen molar-refractivity contribution < 1.29 is 0 Å². The summed E-state index contributed by atoms with van der Waals surface area (Å²) in [6, 6.07) is 60.8. The quantitative estimate of drug-likeness (QED) is 0.187. The zero-order chi connectivity index (χ0) is 31.9. The fourth-order valence-electron chi connectivity index (χ4n) is 6.61. The first-order chi connectivity index (χ1) is 23.8. The van der Waals surface area contributed by atoms with Crippen LogP contribution in [-0.4, -0.2) is 0 Å². The van der Waals surface area contributed by atoms with Gasteiger partial charge in [-0.2, -0.15) is 0 Å². The molecule has 1 heterocycles. The van der Waals surface area contributed by atoms with E-state index in [1.54, 1.807) is 0 Å². The van der Waals surface area contributed by atoms with Gasteiger partial charge in [0.1, 0.15) is 0 Å². The van der Waals surface area contributed by atoms with Crippen LogP contribution in [0.4, 0.5) is 22.7 Å². The molecule has 2 N–H and O–H groups in total. The standard InChI is InChI=1S/C44H30N2S2/c1-3-13-31(14-4-1)36-28-41-44(42(32-17-5-2-6-18-32)43(36)46-38-24-12-20-30-16-8-10-22-35(30)38)48-39-26-25-33(27-40(39)47-41)45-37-23-11-19-29-15-7-9-21-34(29)37/h1-28,45-46H. The van der Waals surface area contributed by atoms with Gasteiger partial charge in [-0.15, -0.1) is 0 Å². The molecule has 1 aliphatic rings. The van der Waals surface area contributed by atoms with Gasteiger partial charge in [-0.25, -0.2) is 0 Å². The summed E-state index contributed by atoms with van der Waals surface area (Å²) >= 11 is 3.72. The zero-order valence-corrected chi connectivity index (χ0v) is 27.6. The molecule has 0 aliphatic carbocycles. The fraction of sp³-hybridized carbons (Fsp3) is 0. The second-order valence-electron chi connectivity index (χ2n) is 11.9. The molecule has 1 aliphatic heterocycles. The van der Waals surface area contributed by atoms with E-state index < -0.39 is 0 Å². The number of anilines is 4. The lowest BCUT2D eigenvalue weighted by molar-refractivity contribution is 1.16. The molecule has 9 rings (SSSR count). The van der Waals surface area contributed by atoms with E-state index >= 15 is 0 Å². The van der Waals surface area contributed by atoms with Crippen molar-refractivity contribution >= 4 is 67.8 Å². The van der Waals surface area contributed by atoms with Crippen molar-refractivity contribution in [3.05, 3.63) is 170 Å². The van der Waals surface area contributed by atoms with Crippen LogP contribution in [0, 0.1) is 0 Å². The highest BCUT2D eigenvalue weighted by atomic mass is 32.2. The van der Waals surface area contributed by atoms with Crippen LogP contribution in [0.5, 0.6) is 0 Å². The minimum absolute atomic E-state index is 1.09. The van der Waals surface area contributed by atoms with Gasteiger partial charge < -0.3 is 10.6 Å². The average Bonchev–Trinajstić information content (AvgIpc) is 3.15. The van der Waals surface area contributed by atoms with Gasteiger partial charge in [0.15, 0.2) is 0 Å². The first-order valence-corrected chi connectivity index (χ1v) is 17.7. The van der Waals surface area contributed by atoms with Gasteiger partial charge in [0.25, 0.3) is 0 Å². The lowest BCUT2D eigenvalue weighted by Crippen LogP contribution is -2.02. The second-order valence-corrected chi connectivity index (χ2v) is 14.0. The van der Waals surface area contributed by atoms with Crippen molar-refractivity contribution in [1.29, 1.82) is 0 Å². The topological polar surface area (TPSA) is 24.1 Å². The molecular formula is C44H30N2S2. The molecular weight excluding hydrogens is 621 g/mol. The molecule has 2 nitrogen and oxygen atoms in total. The van der Waals surface area contributed by atoms with Crippen molar-refractivity contribution in [2.45, 2.75) is 19.6 Å². The van der Waals surface area contributed by atoms with Crippen LogP contribution < -0.4 is 10.6 Å². The van der Waals surface area contributed by atoms with Gasteiger partial charge in [0.05, 0.1) is 5.69 Å². The Kier molecular flexibility index (Phi) is 7.38. The molecule has 0 bridgehead atoms. The molecule has 4 heteroatoms. The third-order valence-corrected chi connectivity index (χ3v) is 11.4. The maximum Gasteiger partial charge on any atom is 0.0556 e. The minimum Gasteiger partial charge on any atom is -0.355 e. The van der Waals surface area contributed by atoms with Gasteiger partial charge in [0, 0.05) is 58.5 Å². The van der Waals surface area contributed by atoms with E-state index in [-0.39, 0.29) is 0 Å². The van der Waals surface area contributed by atoms with Gasteiger partial charge in [-0.1, -0.05) is 157 Å². The van der Waals surface area contributed by atoms with Gasteiger partial charge in [-0.3, -0.25) is 0 Å². The van der Waals surface area contributed by atoms with Crippen LogP contribution in [0.3, 0.4) is 0 Å². The number of hydrogen-bond donors (Lipinski definition) is 2. The third-order valence-electron chi connectivity index (χ3n) is 8.89. The second kappa shape index (κ2) is 12.3. The largest absolute Gasteiger partial charge is 0.355 e. The van der Waals surface area contributed by atoms with E-state index in [9.17, 15) is 0 Å². The van der Waals surface area contributed by atoms with E-state index in [0.29, 0.717) is 0 Å². The van der Waals surface area contributed by atoms with E-state index in [1.807, 2.05) is 23.5 Å². The Bertz CT molecular complexity index is 2450. The molecule has 0 unspecified atom stereocenters. The van der Waals surface area contributed by atoms with E-state index in [1.165, 1.54) is 63.4 Å². The first-order valence-electron chi connectivity index (χ1n) is 16.1. The van der Waals surface area contributed by atoms with Crippen LogP contribution in [-0.2, 0) is 0 Å². The highest BCUT2D eigenvalue weighted by Crippen LogP contribution is 2.57. The van der Waals surface area contributed by atoms with Crippen LogP contribution >= 0.6 is 23.5 Å². The summed E-state index contributed by atoms with van der Waals surface area (Å²) in [5.74, 6) is 0. The Labute approximate surface area is 288 Å². The lowest BCUT2D eigenvalue weighted by atomic mass is 9.95. The first kappa shape index (κ1) is 28.8. The molecule has 0 saturated carbocycles. The number of hydrogen-bond acceptors (Lipinski definition) is 4. The summed E-state index contributed by atoms with van der Waals surface area (Å²) in [6.45, 7) is 0. The molecule has 0 aromatic heterocycles.